The number of hydrogen-bond acceptors (Lipinski definition) is 3. The van der Waals surface area contributed by atoms with Crippen LogP contribution in [0.3, 0.4) is 0 Å². The average molecular weight is 276 g/mol. The number of rotatable bonds is 5. The first kappa shape index (κ1) is 15.0. The Morgan fingerprint density at radius 2 is 2.25 bits per heavy atom. The van der Waals surface area contributed by atoms with E-state index in [2.05, 4.69) is 25.2 Å². The van der Waals surface area contributed by atoms with Crippen molar-refractivity contribution < 1.29 is 9.13 Å². The van der Waals surface area contributed by atoms with Crippen molar-refractivity contribution in [3.05, 3.63) is 35.1 Å². The molecule has 1 aliphatic carbocycles. The minimum absolute atomic E-state index is 0.0656. The van der Waals surface area contributed by atoms with E-state index in [9.17, 15) is 4.39 Å². The van der Waals surface area contributed by atoms with Gasteiger partial charge in [0.1, 0.15) is 5.82 Å². The Bertz CT molecular complexity index is 522. The lowest BCUT2D eigenvalue weighted by atomic mass is 9.64. The molecule has 1 fully saturated rings. The molecule has 0 aliphatic heterocycles. The fraction of sp³-hybridized carbons (Fsp3) is 0.562. The SMILES string of the molecule is CCOC1CC(NCc2cc(F)ccc2C#N)C1(C)C. The van der Waals surface area contributed by atoms with E-state index in [4.69, 9.17) is 10.00 Å². The van der Waals surface area contributed by atoms with Crippen LogP contribution in [0.5, 0.6) is 0 Å². The summed E-state index contributed by atoms with van der Waals surface area (Å²) in [7, 11) is 0. The molecule has 1 N–H and O–H groups in total. The van der Waals surface area contributed by atoms with Crippen molar-refractivity contribution in [2.45, 2.75) is 45.9 Å². The van der Waals surface area contributed by atoms with Gasteiger partial charge in [0, 0.05) is 24.6 Å². The largest absolute Gasteiger partial charge is 0.378 e. The maximum Gasteiger partial charge on any atom is 0.123 e. The summed E-state index contributed by atoms with van der Waals surface area (Å²) in [6.45, 7) is 7.58. The van der Waals surface area contributed by atoms with Gasteiger partial charge in [0.15, 0.2) is 0 Å². The van der Waals surface area contributed by atoms with Crippen LogP contribution in [0.2, 0.25) is 0 Å². The molecule has 1 saturated carbocycles. The van der Waals surface area contributed by atoms with Gasteiger partial charge in [-0.1, -0.05) is 13.8 Å². The molecule has 1 aromatic rings. The number of ether oxygens (including phenoxy) is 1. The summed E-state index contributed by atoms with van der Waals surface area (Å²) in [6, 6.07) is 6.71. The molecular weight excluding hydrogens is 255 g/mol. The molecule has 4 heteroatoms. The molecule has 2 rings (SSSR count). The highest BCUT2D eigenvalue weighted by molar-refractivity contribution is 5.37. The molecule has 0 radical (unpaired) electrons. The van der Waals surface area contributed by atoms with Crippen molar-refractivity contribution in [1.82, 2.24) is 5.32 Å². The van der Waals surface area contributed by atoms with E-state index in [1.54, 1.807) is 0 Å². The number of halogens is 1. The van der Waals surface area contributed by atoms with Crippen molar-refractivity contribution in [3.8, 4) is 6.07 Å². The zero-order valence-electron chi connectivity index (χ0n) is 12.2. The van der Waals surface area contributed by atoms with Crippen LogP contribution in [0, 0.1) is 22.6 Å². The van der Waals surface area contributed by atoms with E-state index in [-0.39, 0.29) is 17.3 Å². The fourth-order valence-corrected chi connectivity index (χ4v) is 2.77. The molecular formula is C16H21FN2O. The monoisotopic (exact) mass is 276 g/mol. The number of nitrogens with one attached hydrogen (secondary N) is 1. The Hall–Kier alpha value is -1.44. The minimum Gasteiger partial charge on any atom is -0.378 e. The molecule has 20 heavy (non-hydrogen) atoms. The Kier molecular flexibility index (Phi) is 4.42. The van der Waals surface area contributed by atoms with Crippen molar-refractivity contribution in [2.24, 2.45) is 5.41 Å². The van der Waals surface area contributed by atoms with Crippen LogP contribution in [-0.4, -0.2) is 18.8 Å². The first-order valence-electron chi connectivity index (χ1n) is 7.02. The van der Waals surface area contributed by atoms with Gasteiger partial charge in [-0.05, 0) is 37.1 Å². The number of benzene rings is 1. The van der Waals surface area contributed by atoms with E-state index >= 15 is 0 Å². The standard InChI is InChI=1S/C16H21FN2O/c1-4-20-15-8-14(16(15,2)3)19-10-12-7-13(17)6-5-11(12)9-18/h5-7,14-15,19H,4,8,10H2,1-3H3. The van der Waals surface area contributed by atoms with Gasteiger partial charge in [0.25, 0.3) is 0 Å². The molecule has 108 valence electrons. The van der Waals surface area contributed by atoms with Crippen LogP contribution in [-0.2, 0) is 11.3 Å². The van der Waals surface area contributed by atoms with Gasteiger partial charge in [-0.15, -0.1) is 0 Å². The first-order valence-corrected chi connectivity index (χ1v) is 7.02. The zero-order chi connectivity index (χ0) is 14.8. The van der Waals surface area contributed by atoms with Crippen molar-refractivity contribution in [1.29, 1.82) is 5.26 Å². The topological polar surface area (TPSA) is 45.0 Å². The van der Waals surface area contributed by atoms with Crippen LogP contribution in [0.25, 0.3) is 0 Å². The van der Waals surface area contributed by atoms with Gasteiger partial charge >= 0.3 is 0 Å². The molecule has 1 aliphatic rings. The maximum atomic E-state index is 13.3. The number of hydrogen-bond donors (Lipinski definition) is 1. The molecule has 0 bridgehead atoms. The molecule has 2 unspecified atom stereocenters. The summed E-state index contributed by atoms with van der Waals surface area (Å²) in [4.78, 5) is 0. The third-order valence-corrected chi connectivity index (χ3v) is 4.27. The van der Waals surface area contributed by atoms with E-state index in [0.29, 0.717) is 23.7 Å². The molecule has 0 aromatic heterocycles. The van der Waals surface area contributed by atoms with Crippen LogP contribution in [0.15, 0.2) is 18.2 Å². The lowest BCUT2D eigenvalue weighted by molar-refractivity contribution is -0.114. The van der Waals surface area contributed by atoms with Gasteiger partial charge < -0.3 is 10.1 Å². The van der Waals surface area contributed by atoms with Crippen LogP contribution >= 0.6 is 0 Å². The number of nitriles is 1. The lowest BCUT2D eigenvalue weighted by Gasteiger charge is -2.52. The summed E-state index contributed by atoms with van der Waals surface area (Å²) < 4.78 is 18.9. The zero-order valence-corrected chi connectivity index (χ0v) is 12.2. The Morgan fingerprint density at radius 1 is 1.50 bits per heavy atom. The van der Waals surface area contributed by atoms with Gasteiger partial charge in [-0.2, -0.15) is 5.26 Å². The summed E-state index contributed by atoms with van der Waals surface area (Å²) in [5, 5.41) is 12.5. The number of nitrogens with zero attached hydrogens (tertiary/aromatic N) is 1. The average Bonchev–Trinajstić information content (AvgIpc) is 2.42. The van der Waals surface area contributed by atoms with Crippen LogP contribution in [0.1, 0.15) is 38.3 Å². The van der Waals surface area contributed by atoms with E-state index in [0.717, 1.165) is 13.0 Å². The highest BCUT2D eigenvalue weighted by Crippen LogP contribution is 2.42. The third kappa shape index (κ3) is 2.84. The van der Waals surface area contributed by atoms with Crippen LogP contribution < -0.4 is 5.32 Å². The summed E-state index contributed by atoms with van der Waals surface area (Å²) in [5.74, 6) is -0.305. The second-order valence-electron chi connectivity index (χ2n) is 5.85. The van der Waals surface area contributed by atoms with E-state index < -0.39 is 0 Å². The molecule has 0 saturated heterocycles. The minimum atomic E-state index is -0.305. The van der Waals surface area contributed by atoms with Gasteiger partial charge in [0.2, 0.25) is 0 Å². The molecule has 0 heterocycles. The Labute approximate surface area is 119 Å². The van der Waals surface area contributed by atoms with Crippen LogP contribution in [0.4, 0.5) is 4.39 Å². The molecule has 1 aromatic carbocycles. The van der Waals surface area contributed by atoms with Gasteiger partial charge in [0.05, 0.1) is 17.7 Å². The predicted octanol–water partition coefficient (Wildman–Crippen LogP) is 2.99. The van der Waals surface area contributed by atoms with Gasteiger partial charge in [-0.25, -0.2) is 4.39 Å². The summed E-state index contributed by atoms with van der Waals surface area (Å²) >= 11 is 0. The molecule has 0 amide bonds. The summed E-state index contributed by atoms with van der Waals surface area (Å²) in [6.07, 6.45) is 1.23. The van der Waals surface area contributed by atoms with Crippen molar-refractivity contribution in [2.75, 3.05) is 6.61 Å². The second kappa shape index (κ2) is 5.90. The Balaban J connectivity index is 1.97. The second-order valence-corrected chi connectivity index (χ2v) is 5.85. The van der Waals surface area contributed by atoms with E-state index in [1.807, 2.05) is 6.92 Å². The maximum absolute atomic E-state index is 13.3. The lowest BCUT2D eigenvalue weighted by Crippen LogP contribution is -2.60. The molecule has 3 nitrogen and oxygen atoms in total. The first-order chi connectivity index (χ1) is 9.48. The van der Waals surface area contributed by atoms with Crippen molar-refractivity contribution in [3.63, 3.8) is 0 Å². The summed E-state index contributed by atoms with van der Waals surface area (Å²) in [5.41, 5.74) is 1.30. The predicted molar refractivity (Wildman–Crippen MR) is 75.6 cm³/mol. The Morgan fingerprint density at radius 3 is 2.85 bits per heavy atom. The smallest absolute Gasteiger partial charge is 0.123 e. The molecule has 2 atom stereocenters. The normalized spacial score (nSPS) is 23.9. The highest BCUT2D eigenvalue weighted by atomic mass is 19.1. The fourth-order valence-electron chi connectivity index (χ4n) is 2.77. The molecule has 0 spiro atoms. The quantitative estimate of drug-likeness (QED) is 0.899. The van der Waals surface area contributed by atoms with E-state index in [1.165, 1.54) is 18.2 Å². The van der Waals surface area contributed by atoms with Gasteiger partial charge in [-0.3, -0.25) is 0 Å². The highest BCUT2D eigenvalue weighted by Gasteiger charge is 2.48. The van der Waals surface area contributed by atoms with Crippen molar-refractivity contribution >= 4 is 0 Å². The third-order valence-electron chi connectivity index (χ3n) is 4.27.